The zero-order chi connectivity index (χ0) is 25.0. The predicted molar refractivity (Wildman–Crippen MR) is 140 cm³/mol. The van der Waals surface area contributed by atoms with Crippen molar-refractivity contribution in [3.8, 4) is 5.75 Å². The number of carbonyl (C=O) groups excluding carboxylic acids is 2. The van der Waals surface area contributed by atoms with Crippen molar-refractivity contribution >= 4 is 11.8 Å². The van der Waals surface area contributed by atoms with E-state index in [0.717, 1.165) is 35.1 Å². The summed E-state index contributed by atoms with van der Waals surface area (Å²) < 4.78 is 5.82. The Morgan fingerprint density at radius 3 is 2.11 bits per heavy atom. The second kappa shape index (κ2) is 13.3. The lowest BCUT2D eigenvalue weighted by atomic mass is 10.0. The van der Waals surface area contributed by atoms with E-state index >= 15 is 0 Å². The highest BCUT2D eigenvalue weighted by Crippen LogP contribution is 2.17. The van der Waals surface area contributed by atoms with Crippen LogP contribution in [0.25, 0.3) is 0 Å². The summed E-state index contributed by atoms with van der Waals surface area (Å²) in [5.74, 6) is 0.266. The first kappa shape index (κ1) is 26.0. The van der Waals surface area contributed by atoms with Gasteiger partial charge in [0.1, 0.15) is 11.8 Å². The molecule has 2 amide bonds. The van der Waals surface area contributed by atoms with Gasteiger partial charge in [0.15, 0.2) is 6.61 Å². The van der Waals surface area contributed by atoms with Crippen LogP contribution in [-0.4, -0.2) is 35.9 Å². The number of hydrogen-bond donors (Lipinski definition) is 1. The Hall–Kier alpha value is -3.60. The predicted octanol–water partition coefficient (Wildman–Crippen LogP) is 5.24. The molecule has 0 radical (unpaired) electrons. The molecular weight excluding hydrogens is 436 g/mol. The zero-order valence-electron chi connectivity index (χ0n) is 21.0. The van der Waals surface area contributed by atoms with E-state index in [4.69, 9.17) is 4.74 Å². The van der Waals surface area contributed by atoms with Gasteiger partial charge in [0.05, 0.1) is 0 Å². The number of hydrogen-bond acceptors (Lipinski definition) is 3. The molecule has 0 fully saturated rings. The van der Waals surface area contributed by atoms with E-state index in [1.54, 1.807) is 4.90 Å². The van der Waals surface area contributed by atoms with Gasteiger partial charge in [-0.1, -0.05) is 91.2 Å². The molecule has 0 bridgehead atoms. The van der Waals surface area contributed by atoms with Gasteiger partial charge < -0.3 is 15.0 Å². The van der Waals surface area contributed by atoms with Crippen LogP contribution < -0.4 is 10.1 Å². The topological polar surface area (TPSA) is 58.6 Å². The Morgan fingerprint density at radius 2 is 1.49 bits per heavy atom. The van der Waals surface area contributed by atoms with Gasteiger partial charge in [-0.05, 0) is 43.5 Å². The number of nitrogens with one attached hydrogen (secondary N) is 1. The van der Waals surface area contributed by atoms with Crippen LogP contribution in [0.5, 0.6) is 5.75 Å². The number of carbonyl (C=O) groups is 2. The molecule has 35 heavy (non-hydrogen) atoms. The normalized spacial score (nSPS) is 11.5. The van der Waals surface area contributed by atoms with Crippen LogP contribution in [-0.2, 0) is 22.6 Å². The van der Waals surface area contributed by atoms with Crippen LogP contribution >= 0.6 is 0 Å². The van der Waals surface area contributed by atoms with Crippen molar-refractivity contribution in [3.05, 3.63) is 101 Å². The van der Waals surface area contributed by atoms with Crippen molar-refractivity contribution in [1.29, 1.82) is 0 Å². The fourth-order valence-corrected chi connectivity index (χ4v) is 3.81. The van der Waals surface area contributed by atoms with Gasteiger partial charge in [0, 0.05) is 19.5 Å². The van der Waals surface area contributed by atoms with Crippen molar-refractivity contribution in [2.45, 2.75) is 52.6 Å². The van der Waals surface area contributed by atoms with E-state index in [2.05, 4.69) is 12.2 Å². The summed E-state index contributed by atoms with van der Waals surface area (Å²) in [6.07, 6.45) is 2.31. The molecular formula is C30H36N2O3. The molecule has 1 unspecified atom stereocenters. The maximum atomic E-state index is 13.5. The fraction of sp³-hybridized carbons (Fsp3) is 0.333. The maximum absolute atomic E-state index is 13.5. The summed E-state index contributed by atoms with van der Waals surface area (Å²) in [4.78, 5) is 28.6. The molecule has 3 aromatic rings. The first-order valence-electron chi connectivity index (χ1n) is 12.3. The summed E-state index contributed by atoms with van der Waals surface area (Å²) >= 11 is 0. The fourth-order valence-electron chi connectivity index (χ4n) is 3.81. The molecule has 5 heteroatoms. The van der Waals surface area contributed by atoms with Crippen molar-refractivity contribution < 1.29 is 14.3 Å². The molecule has 184 valence electrons. The lowest BCUT2D eigenvalue weighted by Crippen LogP contribution is -2.51. The van der Waals surface area contributed by atoms with Crippen molar-refractivity contribution in [3.63, 3.8) is 0 Å². The van der Waals surface area contributed by atoms with E-state index in [1.807, 2.05) is 92.7 Å². The highest BCUT2D eigenvalue weighted by molar-refractivity contribution is 5.88. The first-order valence-corrected chi connectivity index (χ1v) is 12.3. The molecule has 0 saturated heterocycles. The molecule has 1 atom stereocenters. The minimum absolute atomic E-state index is 0.136. The number of ether oxygens (including phenoxy) is 1. The number of rotatable bonds is 12. The van der Waals surface area contributed by atoms with Gasteiger partial charge in [-0.3, -0.25) is 9.59 Å². The Kier molecular flexibility index (Phi) is 9.91. The van der Waals surface area contributed by atoms with Crippen molar-refractivity contribution in [1.82, 2.24) is 10.2 Å². The average molecular weight is 473 g/mol. The Morgan fingerprint density at radius 1 is 0.857 bits per heavy atom. The van der Waals surface area contributed by atoms with Crippen LogP contribution in [0.2, 0.25) is 0 Å². The minimum Gasteiger partial charge on any atom is -0.484 e. The van der Waals surface area contributed by atoms with E-state index < -0.39 is 6.04 Å². The maximum Gasteiger partial charge on any atom is 0.261 e. The van der Waals surface area contributed by atoms with Crippen molar-refractivity contribution in [2.75, 3.05) is 13.2 Å². The Labute approximate surface area is 209 Å². The molecule has 0 heterocycles. The third-order valence-electron chi connectivity index (χ3n) is 5.96. The van der Waals surface area contributed by atoms with E-state index in [-0.39, 0.29) is 18.4 Å². The van der Waals surface area contributed by atoms with Gasteiger partial charge in [-0.2, -0.15) is 0 Å². The van der Waals surface area contributed by atoms with Gasteiger partial charge in [0.2, 0.25) is 5.91 Å². The summed E-state index contributed by atoms with van der Waals surface area (Å²) in [6.45, 7) is 6.90. The molecule has 0 aliphatic carbocycles. The molecule has 0 aliphatic heterocycles. The van der Waals surface area contributed by atoms with Gasteiger partial charge in [-0.25, -0.2) is 0 Å². The molecule has 5 nitrogen and oxygen atoms in total. The molecule has 0 saturated carbocycles. The average Bonchev–Trinajstić information content (AvgIpc) is 2.87. The zero-order valence-corrected chi connectivity index (χ0v) is 21.0. The molecule has 1 N–H and O–H groups in total. The Balaban J connectivity index is 1.86. The van der Waals surface area contributed by atoms with E-state index in [0.29, 0.717) is 25.3 Å². The second-order valence-corrected chi connectivity index (χ2v) is 8.96. The van der Waals surface area contributed by atoms with Crippen LogP contribution in [0.1, 0.15) is 42.0 Å². The summed E-state index contributed by atoms with van der Waals surface area (Å²) in [5.41, 5.74) is 4.24. The molecule has 3 rings (SSSR count). The minimum atomic E-state index is -0.648. The number of nitrogens with zero attached hydrogens (tertiary/aromatic N) is 1. The van der Waals surface area contributed by atoms with E-state index in [1.165, 1.54) is 0 Å². The lowest BCUT2D eigenvalue weighted by molar-refractivity contribution is -0.142. The van der Waals surface area contributed by atoms with E-state index in [9.17, 15) is 9.59 Å². The van der Waals surface area contributed by atoms with Crippen LogP contribution in [0.15, 0.2) is 78.9 Å². The smallest absolute Gasteiger partial charge is 0.261 e. The monoisotopic (exact) mass is 472 g/mol. The second-order valence-electron chi connectivity index (χ2n) is 8.96. The third kappa shape index (κ3) is 8.29. The van der Waals surface area contributed by atoms with Crippen LogP contribution in [0, 0.1) is 13.8 Å². The standard InChI is InChI=1S/C30H36N2O3/c1-4-5-19-31-30(34)28(20-25-9-7-6-8-10-25)32(21-26-15-11-23(2)12-16-26)29(33)22-35-27-17-13-24(3)14-18-27/h6-18,28H,4-5,19-22H2,1-3H3,(H,31,34). The molecule has 0 aromatic heterocycles. The van der Waals surface area contributed by atoms with Gasteiger partial charge in [0.25, 0.3) is 5.91 Å². The highest BCUT2D eigenvalue weighted by Gasteiger charge is 2.30. The number of amides is 2. The third-order valence-corrected chi connectivity index (χ3v) is 5.96. The van der Waals surface area contributed by atoms with Crippen LogP contribution in [0.4, 0.5) is 0 Å². The summed E-state index contributed by atoms with van der Waals surface area (Å²) in [7, 11) is 0. The first-order chi connectivity index (χ1) is 17.0. The van der Waals surface area contributed by atoms with Gasteiger partial charge in [-0.15, -0.1) is 0 Å². The molecule has 3 aromatic carbocycles. The molecule has 0 spiro atoms. The SMILES string of the molecule is CCCCNC(=O)C(Cc1ccccc1)N(Cc1ccc(C)cc1)C(=O)COc1ccc(C)cc1. The number of aryl methyl sites for hydroxylation is 2. The largest absolute Gasteiger partial charge is 0.484 e. The Bertz CT molecular complexity index is 1060. The summed E-state index contributed by atoms with van der Waals surface area (Å²) in [5, 5.41) is 3.04. The highest BCUT2D eigenvalue weighted by atomic mass is 16.5. The van der Waals surface area contributed by atoms with Crippen LogP contribution in [0.3, 0.4) is 0 Å². The quantitative estimate of drug-likeness (QED) is 0.367. The van der Waals surface area contributed by atoms with Gasteiger partial charge >= 0.3 is 0 Å². The lowest BCUT2D eigenvalue weighted by Gasteiger charge is -2.31. The number of benzene rings is 3. The molecule has 0 aliphatic rings. The number of unbranched alkanes of at least 4 members (excludes halogenated alkanes) is 1. The van der Waals surface area contributed by atoms with Crippen molar-refractivity contribution in [2.24, 2.45) is 0 Å². The summed E-state index contributed by atoms with van der Waals surface area (Å²) in [6, 6.07) is 24.8.